The summed E-state index contributed by atoms with van der Waals surface area (Å²) in [6.45, 7) is 4.08. The maximum absolute atomic E-state index is 13.2. The Bertz CT molecular complexity index is 609. The maximum Gasteiger partial charge on any atom is 0.325 e. The van der Waals surface area contributed by atoms with Gasteiger partial charge in [-0.25, -0.2) is 9.18 Å². The minimum atomic E-state index is -0.809. The van der Waals surface area contributed by atoms with E-state index in [1.54, 1.807) is 0 Å². The molecule has 118 valence electrons. The average Bonchev–Trinajstić information content (AvgIpc) is 2.71. The first kappa shape index (κ1) is 14.9. The molecule has 1 spiro atoms. The van der Waals surface area contributed by atoms with Gasteiger partial charge in [0.2, 0.25) is 0 Å². The predicted octanol–water partition coefficient (Wildman–Crippen LogP) is 2.47. The maximum atomic E-state index is 13.2. The summed E-state index contributed by atoms with van der Waals surface area (Å²) in [5, 5.41) is 2.93. The fourth-order valence-electron chi connectivity index (χ4n) is 3.82. The van der Waals surface area contributed by atoms with E-state index < -0.39 is 17.4 Å². The van der Waals surface area contributed by atoms with Crippen molar-refractivity contribution < 1.29 is 14.0 Å². The van der Waals surface area contributed by atoms with Crippen molar-refractivity contribution >= 4 is 11.9 Å². The van der Waals surface area contributed by atoms with Crippen LogP contribution in [-0.4, -0.2) is 27.4 Å². The third-order valence-corrected chi connectivity index (χ3v) is 5.09. The second kappa shape index (κ2) is 5.34. The second-order valence-electron chi connectivity index (χ2n) is 6.43. The number of hydrogen-bond acceptors (Lipinski definition) is 3. The van der Waals surface area contributed by atoms with E-state index in [1.807, 2.05) is 13.8 Å². The summed E-state index contributed by atoms with van der Waals surface area (Å²) in [5.74, 6) is -0.466. The van der Waals surface area contributed by atoms with Gasteiger partial charge in [-0.3, -0.25) is 14.7 Å². The number of imide groups is 1. The van der Waals surface area contributed by atoms with E-state index in [4.69, 9.17) is 0 Å². The van der Waals surface area contributed by atoms with Crippen LogP contribution in [0, 0.1) is 17.7 Å². The first-order valence-corrected chi connectivity index (χ1v) is 7.68. The Kier molecular flexibility index (Phi) is 3.62. The number of nitrogens with one attached hydrogen (secondary N) is 1. The van der Waals surface area contributed by atoms with E-state index in [9.17, 15) is 14.0 Å². The lowest BCUT2D eigenvalue weighted by Gasteiger charge is -2.42. The van der Waals surface area contributed by atoms with E-state index in [-0.39, 0.29) is 24.3 Å². The van der Waals surface area contributed by atoms with E-state index in [0.29, 0.717) is 5.56 Å². The van der Waals surface area contributed by atoms with E-state index in [1.165, 1.54) is 17.2 Å². The first-order chi connectivity index (χ1) is 10.4. The molecule has 3 rings (SSSR count). The van der Waals surface area contributed by atoms with Gasteiger partial charge in [-0.2, -0.15) is 0 Å². The minimum Gasteiger partial charge on any atom is -0.323 e. The van der Waals surface area contributed by atoms with Crippen molar-refractivity contribution in [3.05, 3.63) is 29.8 Å². The van der Waals surface area contributed by atoms with Gasteiger partial charge in [0.15, 0.2) is 0 Å². The highest BCUT2D eigenvalue weighted by atomic mass is 19.1. The number of hydrogen-bond donors (Lipinski definition) is 1. The van der Waals surface area contributed by atoms with Gasteiger partial charge in [-0.15, -0.1) is 0 Å². The molecule has 1 saturated heterocycles. The molecule has 2 atom stereocenters. The van der Waals surface area contributed by atoms with Crippen LogP contribution in [0.5, 0.6) is 0 Å². The molecule has 1 aromatic rings. The van der Waals surface area contributed by atoms with E-state index >= 15 is 0 Å². The smallest absolute Gasteiger partial charge is 0.323 e. The molecular formula is C16H20FN3O2. The Morgan fingerprint density at radius 2 is 2.00 bits per heavy atom. The molecular weight excluding hydrogens is 285 g/mol. The minimum absolute atomic E-state index is 0.0522. The summed E-state index contributed by atoms with van der Waals surface area (Å²) >= 11 is 0. The van der Waals surface area contributed by atoms with Crippen LogP contribution in [0.1, 0.15) is 38.7 Å². The van der Waals surface area contributed by atoms with Crippen molar-refractivity contribution in [1.29, 1.82) is 0 Å². The molecule has 2 aliphatic rings. The molecule has 0 radical (unpaired) electrons. The lowest BCUT2D eigenvalue weighted by Crippen LogP contribution is -2.58. The predicted molar refractivity (Wildman–Crippen MR) is 78.2 cm³/mol. The van der Waals surface area contributed by atoms with Crippen molar-refractivity contribution in [2.75, 3.05) is 0 Å². The number of amides is 3. The largest absolute Gasteiger partial charge is 0.325 e. The van der Waals surface area contributed by atoms with Crippen molar-refractivity contribution in [3.8, 4) is 0 Å². The molecule has 1 N–H and O–H groups in total. The standard InChI is InChI=1S/C16H20FN3O2/c1-10-4-3-5-11(2)16(10)14(21)20(15(22)19-16)9-12-6-13(17)8-18-7-12/h6-8,10-11H,3-5,9H2,1-2H3,(H,19,22)/t10-,11-/m1/s1. The molecule has 5 nitrogen and oxygen atoms in total. The van der Waals surface area contributed by atoms with Crippen molar-refractivity contribution in [1.82, 2.24) is 15.2 Å². The van der Waals surface area contributed by atoms with Crippen LogP contribution >= 0.6 is 0 Å². The summed E-state index contributed by atoms with van der Waals surface area (Å²) < 4.78 is 13.2. The normalized spacial score (nSPS) is 27.3. The van der Waals surface area contributed by atoms with Crippen LogP contribution in [0.4, 0.5) is 9.18 Å². The first-order valence-electron chi connectivity index (χ1n) is 7.68. The Hall–Kier alpha value is -1.98. The number of carbonyl (C=O) groups excluding carboxylic acids is 2. The molecule has 1 saturated carbocycles. The molecule has 1 aromatic heterocycles. The molecule has 0 bridgehead atoms. The Morgan fingerprint density at radius 1 is 1.32 bits per heavy atom. The highest BCUT2D eigenvalue weighted by Crippen LogP contribution is 2.42. The van der Waals surface area contributed by atoms with Crippen LogP contribution in [0.2, 0.25) is 0 Å². The van der Waals surface area contributed by atoms with Gasteiger partial charge >= 0.3 is 6.03 Å². The zero-order valence-corrected chi connectivity index (χ0v) is 12.8. The fraction of sp³-hybridized carbons (Fsp3) is 0.562. The van der Waals surface area contributed by atoms with Crippen LogP contribution in [-0.2, 0) is 11.3 Å². The zero-order valence-electron chi connectivity index (χ0n) is 12.8. The Morgan fingerprint density at radius 3 is 2.64 bits per heavy atom. The molecule has 0 unspecified atom stereocenters. The number of aromatic nitrogens is 1. The second-order valence-corrected chi connectivity index (χ2v) is 6.43. The van der Waals surface area contributed by atoms with Crippen LogP contribution in [0.15, 0.2) is 18.5 Å². The number of nitrogens with zero attached hydrogens (tertiary/aromatic N) is 2. The molecule has 1 aliphatic heterocycles. The van der Waals surface area contributed by atoms with Crippen LogP contribution in [0.25, 0.3) is 0 Å². The molecule has 2 heterocycles. The SMILES string of the molecule is C[C@@H]1CCC[C@@H](C)C12NC(=O)N(Cc1cncc(F)c1)C2=O. The fourth-order valence-corrected chi connectivity index (χ4v) is 3.82. The van der Waals surface area contributed by atoms with Crippen molar-refractivity contribution in [2.24, 2.45) is 11.8 Å². The summed E-state index contributed by atoms with van der Waals surface area (Å²) in [5.41, 5.74) is -0.299. The van der Waals surface area contributed by atoms with Gasteiger partial charge in [0.25, 0.3) is 5.91 Å². The number of pyridine rings is 1. The lowest BCUT2D eigenvalue weighted by molar-refractivity contribution is -0.136. The highest BCUT2D eigenvalue weighted by Gasteiger charge is 2.58. The number of carbonyl (C=O) groups is 2. The third-order valence-electron chi connectivity index (χ3n) is 5.09. The van der Waals surface area contributed by atoms with E-state index in [2.05, 4.69) is 10.3 Å². The number of rotatable bonds is 2. The highest BCUT2D eigenvalue weighted by molar-refractivity contribution is 6.07. The molecule has 1 aliphatic carbocycles. The number of halogens is 1. The molecule has 2 fully saturated rings. The summed E-state index contributed by atoms with van der Waals surface area (Å²) in [6.07, 6.45) is 5.49. The average molecular weight is 305 g/mol. The van der Waals surface area contributed by atoms with Gasteiger partial charge in [-0.1, -0.05) is 20.3 Å². The molecule has 3 amide bonds. The van der Waals surface area contributed by atoms with Crippen LogP contribution < -0.4 is 5.32 Å². The summed E-state index contributed by atoms with van der Waals surface area (Å²) in [6, 6.07) is 0.904. The Labute approximate surface area is 128 Å². The number of urea groups is 1. The third kappa shape index (κ3) is 2.17. The van der Waals surface area contributed by atoms with Gasteiger partial charge < -0.3 is 5.32 Å². The molecule has 22 heavy (non-hydrogen) atoms. The van der Waals surface area contributed by atoms with Gasteiger partial charge in [0.1, 0.15) is 11.4 Å². The topological polar surface area (TPSA) is 62.3 Å². The van der Waals surface area contributed by atoms with Crippen LogP contribution in [0.3, 0.4) is 0 Å². The van der Waals surface area contributed by atoms with E-state index in [0.717, 1.165) is 25.5 Å². The Balaban J connectivity index is 1.88. The van der Waals surface area contributed by atoms with Gasteiger partial charge in [0, 0.05) is 6.20 Å². The quantitative estimate of drug-likeness (QED) is 0.854. The molecule has 6 heteroatoms. The zero-order chi connectivity index (χ0) is 15.9. The van der Waals surface area contributed by atoms with Gasteiger partial charge in [-0.05, 0) is 36.3 Å². The van der Waals surface area contributed by atoms with Crippen molar-refractivity contribution in [3.63, 3.8) is 0 Å². The monoisotopic (exact) mass is 305 g/mol. The van der Waals surface area contributed by atoms with Gasteiger partial charge in [0.05, 0.1) is 12.7 Å². The summed E-state index contributed by atoms with van der Waals surface area (Å²) in [4.78, 5) is 30.2. The summed E-state index contributed by atoms with van der Waals surface area (Å²) in [7, 11) is 0. The lowest BCUT2D eigenvalue weighted by atomic mass is 9.67. The van der Waals surface area contributed by atoms with Crippen molar-refractivity contribution in [2.45, 2.75) is 45.2 Å². The molecule has 0 aromatic carbocycles.